The summed E-state index contributed by atoms with van der Waals surface area (Å²) in [6.45, 7) is 0. The first-order valence-corrected chi connectivity index (χ1v) is 18.9. The maximum absolute atomic E-state index is 13.3. The van der Waals surface area contributed by atoms with Gasteiger partial charge in [-0.1, -0.05) is 62.7 Å². The minimum Gasteiger partial charge on any atom is -0.381 e. The van der Waals surface area contributed by atoms with Crippen molar-refractivity contribution in [1.82, 2.24) is 44.3 Å². The van der Waals surface area contributed by atoms with E-state index in [4.69, 9.17) is 28.9 Å². The van der Waals surface area contributed by atoms with E-state index in [0.717, 1.165) is 11.3 Å². The Kier molecular flexibility index (Phi) is 13.5. The molecule has 52 heavy (non-hydrogen) atoms. The number of carbonyl (C=O) groups excluding carboxylic acids is 1. The lowest BCUT2D eigenvalue weighted by atomic mass is 10.1. The number of halogens is 5. The Bertz CT molecular complexity index is 2280. The molecular formula is C34H25BrCl2F2N10OS2. The molecule has 7 aromatic rings. The van der Waals surface area contributed by atoms with E-state index < -0.39 is 4.83 Å². The number of ketones is 1. The molecule has 7 rings (SSSR count). The number of carbonyl (C=O) groups is 1. The molecule has 0 spiro atoms. The van der Waals surface area contributed by atoms with Crippen molar-refractivity contribution in [2.75, 3.05) is 18.2 Å². The number of Topliss-reactive ketones (excluding diaryl/α,β-unsaturated/α-hetero) is 1. The number of hydrogen-bond donors (Lipinski definition) is 1. The van der Waals surface area contributed by atoms with E-state index in [1.165, 1.54) is 72.3 Å². The molecule has 0 saturated carbocycles. The van der Waals surface area contributed by atoms with Crippen LogP contribution in [0.3, 0.4) is 0 Å². The van der Waals surface area contributed by atoms with Crippen LogP contribution in [0.15, 0.2) is 108 Å². The Morgan fingerprint density at radius 2 is 1.35 bits per heavy atom. The van der Waals surface area contributed by atoms with Gasteiger partial charge < -0.3 is 5.73 Å². The van der Waals surface area contributed by atoms with Crippen LogP contribution in [0.1, 0.15) is 20.9 Å². The lowest BCUT2D eigenvalue weighted by Crippen LogP contribution is -2.09. The Balaban J connectivity index is 0.000000170. The van der Waals surface area contributed by atoms with Crippen LogP contribution in [0.2, 0.25) is 10.3 Å². The highest BCUT2D eigenvalue weighted by atomic mass is 79.9. The number of aromatic nitrogens is 9. The van der Waals surface area contributed by atoms with Gasteiger partial charge in [0, 0.05) is 48.3 Å². The fourth-order valence-corrected chi connectivity index (χ4v) is 5.92. The summed E-state index contributed by atoms with van der Waals surface area (Å²) in [5.74, 6) is -0.560. The summed E-state index contributed by atoms with van der Waals surface area (Å²) in [4.78, 5) is 44.8. The number of rotatable bonds is 7. The van der Waals surface area contributed by atoms with Gasteiger partial charge in [-0.15, -0.1) is 0 Å². The zero-order valence-corrected chi connectivity index (χ0v) is 31.8. The van der Waals surface area contributed by atoms with Crippen LogP contribution in [0, 0.1) is 11.6 Å². The van der Waals surface area contributed by atoms with Crippen LogP contribution in [0.25, 0.3) is 28.3 Å². The first-order chi connectivity index (χ1) is 25.1. The molecule has 2 aromatic carbocycles. The van der Waals surface area contributed by atoms with Crippen LogP contribution in [-0.2, 0) is 0 Å². The Morgan fingerprint density at radius 1 is 0.750 bits per heavy atom. The number of fused-ring (bicyclic) bond motifs is 1. The van der Waals surface area contributed by atoms with Crippen molar-refractivity contribution < 1.29 is 13.6 Å². The number of thioether (sulfide) groups is 2. The number of nitrogen functional groups attached to an aromatic ring is 1. The van der Waals surface area contributed by atoms with Crippen molar-refractivity contribution >= 4 is 79.9 Å². The van der Waals surface area contributed by atoms with Crippen LogP contribution in [0.5, 0.6) is 0 Å². The fraction of sp³-hybridized carbons (Fsp3) is 0.0882. The second kappa shape index (κ2) is 18.2. The minimum atomic E-state index is -0.563. The van der Waals surface area contributed by atoms with Gasteiger partial charge in [0.25, 0.3) is 0 Å². The normalized spacial score (nSPS) is 11.2. The maximum atomic E-state index is 13.3. The van der Waals surface area contributed by atoms with Gasteiger partial charge in [0.1, 0.15) is 16.5 Å². The largest absolute Gasteiger partial charge is 0.381 e. The summed E-state index contributed by atoms with van der Waals surface area (Å²) in [6, 6.07) is 15.1. The summed E-state index contributed by atoms with van der Waals surface area (Å²) in [5.41, 5.74) is 9.63. The van der Waals surface area contributed by atoms with E-state index >= 15 is 0 Å². The van der Waals surface area contributed by atoms with Gasteiger partial charge in [0.2, 0.25) is 0 Å². The number of nitrogens with zero attached hydrogens (tertiary/aromatic N) is 9. The third-order valence-electron chi connectivity index (χ3n) is 6.81. The molecule has 264 valence electrons. The SMILES string of the molecule is CSc1nccc(-c2c(-c3ccc(F)cc3)nc3c(Cl)nccn23)n1.CSc1nccc(C(Br)C(=O)c2ccc(F)cc2)n1.Nc1nccnc1Cl. The quantitative estimate of drug-likeness (QED) is 0.0708. The van der Waals surface area contributed by atoms with E-state index in [-0.39, 0.29) is 33.5 Å². The van der Waals surface area contributed by atoms with E-state index in [1.54, 1.807) is 43.0 Å². The summed E-state index contributed by atoms with van der Waals surface area (Å²) in [5, 5.41) is 1.80. The molecule has 0 amide bonds. The first-order valence-electron chi connectivity index (χ1n) is 14.8. The lowest BCUT2D eigenvalue weighted by molar-refractivity contribution is 0.0990. The van der Waals surface area contributed by atoms with Crippen molar-refractivity contribution in [2.24, 2.45) is 0 Å². The van der Waals surface area contributed by atoms with Gasteiger partial charge in [0.15, 0.2) is 37.9 Å². The van der Waals surface area contributed by atoms with Crippen LogP contribution in [0.4, 0.5) is 14.6 Å². The van der Waals surface area contributed by atoms with Gasteiger partial charge in [-0.3, -0.25) is 9.20 Å². The monoisotopic (exact) mass is 840 g/mol. The van der Waals surface area contributed by atoms with Crippen molar-refractivity contribution in [2.45, 2.75) is 15.1 Å². The van der Waals surface area contributed by atoms with Gasteiger partial charge in [-0.05, 0) is 73.2 Å². The first kappa shape index (κ1) is 38.6. The molecule has 18 heteroatoms. The van der Waals surface area contributed by atoms with Crippen LogP contribution < -0.4 is 5.73 Å². The van der Waals surface area contributed by atoms with E-state index in [9.17, 15) is 13.6 Å². The molecule has 0 aliphatic heterocycles. The van der Waals surface area contributed by atoms with Crippen molar-refractivity contribution in [3.63, 3.8) is 0 Å². The van der Waals surface area contributed by atoms with Gasteiger partial charge in [0.05, 0.1) is 22.8 Å². The zero-order chi connectivity index (χ0) is 37.2. The summed E-state index contributed by atoms with van der Waals surface area (Å²) in [7, 11) is 0. The number of anilines is 1. The molecular weight excluding hydrogens is 817 g/mol. The number of benzene rings is 2. The molecule has 0 radical (unpaired) electrons. The third kappa shape index (κ3) is 9.63. The highest BCUT2D eigenvalue weighted by Gasteiger charge is 2.21. The molecule has 1 unspecified atom stereocenters. The molecule has 0 saturated heterocycles. The molecule has 5 aromatic heterocycles. The topological polar surface area (TPSA) is 151 Å². The Labute approximate surface area is 323 Å². The smallest absolute Gasteiger partial charge is 0.187 e. The van der Waals surface area contributed by atoms with Crippen molar-refractivity contribution in [3.8, 4) is 22.6 Å². The van der Waals surface area contributed by atoms with Gasteiger partial charge >= 0.3 is 0 Å². The predicted molar refractivity (Wildman–Crippen MR) is 204 cm³/mol. The number of nitrogens with two attached hydrogens (primary N) is 1. The van der Waals surface area contributed by atoms with E-state index in [0.29, 0.717) is 38.6 Å². The molecule has 0 aliphatic carbocycles. The highest BCUT2D eigenvalue weighted by molar-refractivity contribution is 9.09. The van der Waals surface area contributed by atoms with Crippen LogP contribution >= 0.6 is 62.7 Å². The molecule has 1 atom stereocenters. The summed E-state index contributed by atoms with van der Waals surface area (Å²) < 4.78 is 28.0. The second-order valence-electron chi connectivity index (χ2n) is 10.1. The van der Waals surface area contributed by atoms with Crippen molar-refractivity contribution in [3.05, 3.63) is 131 Å². The summed E-state index contributed by atoms with van der Waals surface area (Å²) >= 11 is 17.8. The van der Waals surface area contributed by atoms with E-state index in [1.807, 2.05) is 23.0 Å². The Morgan fingerprint density at radius 3 is 1.96 bits per heavy atom. The third-order valence-corrected chi connectivity index (χ3v) is 9.38. The lowest BCUT2D eigenvalue weighted by Gasteiger charge is -2.09. The van der Waals surface area contributed by atoms with Crippen LogP contribution in [-0.4, -0.2) is 62.6 Å². The standard InChI is InChI=1S/C17H11ClFN5S.C13H10BrFN2OS.C4H4ClN3/c1-25-17-21-7-6-12(22-17)14-13(10-2-4-11(19)5-3-10)23-16-15(18)20-8-9-24(14)16;1-19-13-16-7-6-10(17-13)11(14)12(18)8-2-4-9(15)5-3-8;5-3-4(6)8-2-1-7-3/h2-9H,1H3;2-7,11H,1H3;1-2H,(H2,6,8). The number of hydrogen-bond acceptors (Lipinski definition) is 12. The second-order valence-corrected chi connectivity index (χ2v) is 13.3. The highest BCUT2D eigenvalue weighted by Crippen LogP contribution is 2.34. The molecule has 0 fully saturated rings. The molecule has 2 N–H and O–H groups in total. The van der Waals surface area contributed by atoms with Gasteiger partial charge in [-0.25, -0.2) is 48.7 Å². The molecule has 0 aliphatic rings. The summed E-state index contributed by atoms with van der Waals surface area (Å²) in [6.07, 6.45) is 13.4. The number of alkyl halides is 1. The van der Waals surface area contributed by atoms with E-state index in [2.05, 4.69) is 55.8 Å². The maximum Gasteiger partial charge on any atom is 0.187 e. The average molecular weight is 843 g/mol. The minimum absolute atomic E-state index is 0.161. The van der Waals surface area contributed by atoms with Crippen molar-refractivity contribution in [1.29, 1.82) is 0 Å². The predicted octanol–water partition coefficient (Wildman–Crippen LogP) is 8.74. The fourth-order valence-electron chi connectivity index (χ4n) is 4.39. The average Bonchev–Trinajstić information content (AvgIpc) is 3.57. The number of imidazole rings is 1. The molecule has 5 heterocycles. The van der Waals surface area contributed by atoms with Gasteiger partial charge in [-0.2, -0.15) is 0 Å². The Hall–Kier alpha value is -4.61. The molecule has 0 bridgehead atoms. The molecule has 11 nitrogen and oxygen atoms in total. The zero-order valence-electron chi connectivity index (χ0n) is 27.0.